The maximum absolute atomic E-state index is 12.3. The molecule has 0 amide bonds. The monoisotopic (exact) mass is 205 g/mol. The van der Waals surface area contributed by atoms with Crippen LogP contribution < -0.4 is 4.74 Å². The molecular formula is C8H9F2NO3. The molecular weight excluding hydrogens is 196 g/mol. The highest BCUT2D eigenvalue weighted by Gasteiger charge is 2.19. The molecule has 0 aliphatic rings. The van der Waals surface area contributed by atoms with Crippen molar-refractivity contribution in [3.63, 3.8) is 0 Å². The number of pyridine rings is 1. The highest BCUT2D eigenvalue weighted by Crippen LogP contribution is 2.34. The number of aliphatic hydroxyl groups excluding tert-OH is 1. The lowest BCUT2D eigenvalue weighted by atomic mass is 10.2. The molecule has 78 valence electrons. The van der Waals surface area contributed by atoms with E-state index in [0.29, 0.717) is 0 Å². The Morgan fingerprint density at radius 3 is 2.64 bits per heavy atom. The Bertz CT molecular complexity index is 331. The lowest BCUT2D eigenvalue weighted by molar-refractivity contribution is 0.139. The molecule has 1 rings (SSSR count). The molecule has 0 bridgehead atoms. The highest BCUT2D eigenvalue weighted by atomic mass is 19.3. The molecule has 0 saturated heterocycles. The van der Waals surface area contributed by atoms with E-state index in [-0.39, 0.29) is 11.4 Å². The predicted octanol–water partition coefficient (Wildman–Crippen LogP) is 1.23. The van der Waals surface area contributed by atoms with Crippen molar-refractivity contribution in [3.8, 4) is 11.5 Å². The molecule has 4 nitrogen and oxygen atoms in total. The van der Waals surface area contributed by atoms with Gasteiger partial charge < -0.3 is 14.9 Å². The first kappa shape index (κ1) is 10.6. The summed E-state index contributed by atoms with van der Waals surface area (Å²) in [7, 11) is 1.23. The summed E-state index contributed by atoms with van der Waals surface area (Å²) in [6.45, 7) is -0.490. The second-order valence-electron chi connectivity index (χ2n) is 2.51. The maximum Gasteiger partial charge on any atom is 0.284 e. The lowest BCUT2D eigenvalue weighted by Gasteiger charge is -2.09. The fourth-order valence-electron chi connectivity index (χ4n) is 0.975. The number of alkyl halides is 2. The third-order valence-corrected chi connectivity index (χ3v) is 1.63. The number of hydrogen-bond donors (Lipinski definition) is 2. The summed E-state index contributed by atoms with van der Waals surface area (Å²) in [6, 6.07) is 1.20. The van der Waals surface area contributed by atoms with Crippen LogP contribution in [-0.4, -0.2) is 22.3 Å². The highest BCUT2D eigenvalue weighted by molar-refractivity contribution is 5.43. The normalized spacial score (nSPS) is 10.6. The van der Waals surface area contributed by atoms with Crippen molar-refractivity contribution in [3.05, 3.63) is 17.5 Å². The Hall–Kier alpha value is -1.43. The molecule has 0 unspecified atom stereocenters. The first-order valence-electron chi connectivity index (χ1n) is 3.76. The lowest BCUT2D eigenvalue weighted by Crippen LogP contribution is -1.99. The smallest absolute Gasteiger partial charge is 0.284 e. The van der Waals surface area contributed by atoms with Crippen molar-refractivity contribution >= 4 is 0 Å². The van der Waals surface area contributed by atoms with Gasteiger partial charge in [0.05, 0.1) is 19.4 Å². The maximum atomic E-state index is 12.3. The van der Waals surface area contributed by atoms with Crippen LogP contribution in [0.4, 0.5) is 8.78 Å². The van der Waals surface area contributed by atoms with Gasteiger partial charge in [-0.3, -0.25) is 0 Å². The number of aliphatic hydroxyl groups is 1. The van der Waals surface area contributed by atoms with Crippen LogP contribution in [0.3, 0.4) is 0 Å². The van der Waals surface area contributed by atoms with E-state index in [2.05, 4.69) is 9.72 Å². The Balaban J connectivity index is 3.27. The molecule has 0 fully saturated rings. The van der Waals surface area contributed by atoms with Gasteiger partial charge in [-0.2, -0.15) is 0 Å². The van der Waals surface area contributed by atoms with Gasteiger partial charge in [-0.05, 0) is 0 Å². The zero-order valence-electron chi connectivity index (χ0n) is 7.37. The minimum Gasteiger partial charge on any atom is -0.503 e. The Morgan fingerprint density at radius 2 is 2.21 bits per heavy atom. The molecule has 1 aromatic heterocycles. The van der Waals surface area contributed by atoms with Crippen LogP contribution >= 0.6 is 0 Å². The molecule has 1 aromatic rings. The Morgan fingerprint density at radius 1 is 1.57 bits per heavy atom. The van der Waals surface area contributed by atoms with Gasteiger partial charge in [0.25, 0.3) is 6.43 Å². The minimum atomic E-state index is -2.91. The quantitative estimate of drug-likeness (QED) is 0.778. The van der Waals surface area contributed by atoms with Crippen LogP contribution in [0.2, 0.25) is 0 Å². The second-order valence-corrected chi connectivity index (χ2v) is 2.51. The third-order valence-electron chi connectivity index (χ3n) is 1.63. The number of methoxy groups -OCH3 is 1. The van der Waals surface area contributed by atoms with E-state index in [1.807, 2.05) is 0 Å². The van der Waals surface area contributed by atoms with Gasteiger partial charge in [-0.25, -0.2) is 13.8 Å². The van der Waals surface area contributed by atoms with E-state index in [4.69, 9.17) is 5.11 Å². The first-order valence-corrected chi connectivity index (χ1v) is 3.76. The first-order chi connectivity index (χ1) is 6.60. The summed E-state index contributed by atoms with van der Waals surface area (Å²) < 4.78 is 29.2. The van der Waals surface area contributed by atoms with Gasteiger partial charge in [-0.15, -0.1) is 0 Å². The fraction of sp³-hybridized carbons (Fsp3) is 0.375. The molecule has 6 heteroatoms. The van der Waals surface area contributed by atoms with E-state index in [0.717, 1.165) is 0 Å². The molecule has 1 heterocycles. The summed E-state index contributed by atoms with van der Waals surface area (Å²) in [6.07, 6.45) is -2.91. The van der Waals surface area contributed by atoms with E-state index < -0.39 is 24.5 Å². The van der Waals surface area contributed by atoms with E-state index >= 15 is 0 Å². The van der Waals surface area contributed by atoms with Crippen molar-refractivity contribution < 1.29 is 23.7 Å². The molecule has 0 radical (unpaired) electrons. The zero-order chi connectivity index (χ0) is 10.7. The second kappa shape index (κ2) is 4.19. The van der Waals surface area contributed by atoms with Gasteiger partial charge in [-0.1, -0.05) is 0 Å². The van der Waals surface area contributed by atoms with Crippen molar-refractivity contribution in [1.82, 2.24) is 4.98 Å². The minimum absolute atomic E-state index is 0.0231. The van der Waals surface area contributed by atoms with Gasteiger partial charge in [0.15, 0.2) is 17.2 Å². The van der Waals surface area contributed by atoms with Crippen LogP contribution in [0.1, 0.15) is 17.8 Å². The van der Waals surface area contributed by atoms with Crippen molar-refractivity contribution in [1.29, 1.82) is 0 Å². The molecule has 14 heavy (non-hydrogen) atoms. The largest absolute Gasteiger partial charge is 0.503 e. The van der Waals surface area contributed by atoms with Crippen LogP contribution in [0.25, 0.3) is 0 Å². The SMILES string of the molecule is COc1cc(CO)nc(C(F)F)c1O. The van der Waals surface area contributed by atoms with E-state index in [1.165, 1.54) is 13.2 Å². The average molecular weight is 205 g/mol. The molecule has 0 atom stereocenters. The molecule has 0 aromatic carbocycles. The van der Waals surface area contributed by atoms with Crippen LogP contribution in [0.5, 0.6) is 11.5 Å². The average Bonchev–Trinajstić information content (AvgIpc) is 2.17. The third kappa shape index (κ3) is 1.90. The van der Waals surface area contributed by atoms with E-state index in [1.54, 1.807) is 0 Å². The van der Waals surface area contributed by atoms with E-state index in [9.17, 15) is 13.9 Å². The number of aromatic nitrogens is 1. The molecule has 0 saturated carbocycles. The van der Waals surface area contributed by atoms with Crippen LogP contribution in [0.15, 0.2) is 6.07 Å². The number of ether oxygens (including phenoxy) is 1. The van der Waals surface area contributed by atoms with Crippen LogP contribution in [-0.2, 0) is 6.61 Å². The topological polar surface area (TPSA) is 62.6 Å². The van der Waals surface area contributed by atoms with Crippen LogP contribution in [0, 0.1) is 0 Å². The molecule has 0 spiro atoms. The standard InChI is InChI=1S/C8H9F2NO3/c1-14-5-2-4(3-12)11-6(7(5)13)8(9)10/h2,8,12-13H,3H2,1H3. The summed E-state index contributed by atoms with van der Waals surface area (Å²) in [5.74, 6) is -0.820. The fourth-order valence-corrected chi connectivity index (χ4v) is 0.975. The van der Waals surface area contributed by atoms with Gasteiger partial charge in [0.2, 0.25) is 0 Å². The molecule has 2 N–H and O–H groups in total. The summed E-state index contributed by atoms with van der Waals surface area (Å²) in [5.41, 5.74) is -0.761. The number of rotatable bonds is 3. The number of nitrogens with zero attached hydrogens (tertiary/aromatic N) is 1. The Labute approximate surface area is 78.8 Å². The molecule has 0 aliphatic carbocycles. The zero-order valence-corrected chi connectivity index (χ0v) is 7.37. The number of halogens is 2. The Kier molecular flexibility index (Phi) is 3.19. The number of hydrogen-bond acceptors (Lipinski definition) is 4. The molecule has 0 aliphatic heterocycles. The van der Waals surface area contributed by atoms with Gasteiger partial charge >= 0.3 is 0 Å². The van der Waals surface area contributed by atoms with Crippen molar-refractivity contribution in [2.75, 3.05) is 7.11 Å². The van der Waals surface area contributed by atoms with Gasteiger partial charge in [0, 0.05) is 6.07 Å². The van der Waals surface area contributed by atoms with Crippen molar-refractivity contribution in [2.24, 2.45) is 0 Å². The summed E-state index contributed by atoms with van der Waals surface area (Å²) >= 11 is 0. The predicted molar refractivity (Wildman–Crippen MR) is 43.3 cm³/mol. The summed E-state index contributed by atoms with van der Waals surface area (Å²) in [5, 5.41) is 17.9. The summed E-state index contributed by atoms with van der Waals surface area (Å²) in [4.78, 5) is 3.37. The van der Waals surface area contributed by atoms with Crippen molar-refractivity contribution in [2.45, 2.75) is 13.0 Å². The van der Waals surface area contributed by atoms with Gasteiger partial charge in [0.1, 0.15) is 0 Å². The number of aromatic hydroxyl groups is 1.